The summed E-state index contributed by atoms with van der Waals surface area (Å²) in [6.45, 7) is 4.74. The van der Waals surface area contributed by atoms with Crippen LogP contribution in [0.2, 0.25) is 0 Å². The van der Waals surface area contributed by atoms with Crippen molar-refractivity contribution in [3.8, 4) is 50.2 Å². The molecule has 0 unspecified atom stereocenters. The number of nitrogens with zero attached hydrogens (tertiary/aromatic N) is 1. The normalized spacial score (nSPS) is 13.8. The van der Waals surface area contributed by atoms with Gasteiger partial charge in [0.15, 0.2) is 0 Å². The van der Waals surface area contributed by atoms with Gasteiger partial charge in [0.25, 0.3) is 0 Å². The topological polar surface area (TPSA) is 4.93 Å². The molecule has 0 fully saturated rings. The highest BCUT2D eigenvalue weighted by atomic mass is 15.0. The SMILES string of the molecule is CC1(C)c2ccccc2-c2cc3c4ccccc4n(-c4ccc(-c5ccc6c(c5)-c5ccccc5C6)c(-c5ccccc5)c4)c3cc21. The van der Waals surface area contributed by atoms with Crippen LogP contribution in [0.15, 0.2) is 152 Å². The average molecular weight is 600 g/mol. The zero-order chi connectivity index (χ0) is 31.3. The molecule has 0 saturated heterocycles. The highest BCUT2D eigenvalue weighted by Crippen LogP contribution is 2.51. The van der Waals surface area contributed by atoms with Gasteiger partial charge in [-0.1, -0.05) is 129 Å². The molecule has 7 aromatic carbocycles. The summed E-state index contributed by atoms with van der Waals surface area (Å²) in [5, 5.41) is 2.59. The maximum Gasteiger partial charge on any atom is 0.0544 e. The highest BCUT2D eigenvalue weighted by Gasteiger charge is 2.36. The lowest BCUT2D eigenvalue weighted by atomic mass is 9.82. The summed E-state index contributed by atoms with van der Waals surface area (Å²) in [5.74, 6) is 0. The number of para-hydroxylation sites is 1. The standard InChI is InChI=1S/C46H33N/c1-46(2)42-18-10-8-16-36(42)40-27-41-37-17-9-11-19-44(37)47(45(41)28-43(40)46)33-22-23-35(39(26-33)29-12-4-3-5-13-29)32-21-20-31-24-30-14-6-7-15-34(30)38(31)25-32/h3-23,25-28H,24H2,1-2H3. The van der Waals surface area contributed by atoms with Crippen LogP contribution >= 0.6 is 0 Å². The second kappa shape index (κ2) is 9.67. The van der Waals surface area contributed by atoms with Crippen molar-refractivity contribution in [1.82, 2.24) is 4.57 Å². The van der Waals surface area contributed by atoms with Crippen LogP contribution < -0.4 is 0 Å². The fourth-order valence-electron chi connectivity index (χ4n) is 8.51. The van der Waals surface area contributed by atoms with Crippen molar-refractivity contribution in [2.24, 2.45) is 0 Å². The van der Waals surface area contributed by atoms with Gasteiger partial charge < -0.3 is 4.57 Å². The van der Waals surface area contributed by atoms with E-state index in [2.05, 4.69) is 170 Å². The molecule has 0 N–H and O–H groups in total. The van der Waals surface area contributed by atoms with Gasteiger partial charge in [0.2, 0.25) is 0 Å². The molecule has 0 spiro atoms. The Balaban J connectivity index is 1.21. The van der Waals surface area contributed by atoms with E-state index in [0.29, 0.717) is 0 Å². The van der Waals surface area contributed by atoms with E-state index in [4.69, 9.17) is 0 Å². The minimum absolute atomic E-state index is 0.0629. The molecule has 0 atom stereocenters. The van der Waals surface area contributed by atoms with Crippen molar-refractivity contribution in [3.05, 3.63) is 174 Å². The Morgan fingerprint density at radius 2 is 1.17 bits per heavy atom. The van der Waals surface area contributed by atoms with Crippen molar-refractivity contribution in [1.29, 1.82) is 0 Å². The number of benzene rings is 7. The minimum atomic E-state index is -0.0629. The van der Waals surface area contributed by atoms with Gasteiger partial charge in [-0.05, 0) is 110 Å². The van der Waals surface area contributed by atoms with Crippen molar-refractivity contribution in [2.75, 3.05) is 0 Å². The number of fused-ring (bicyclic) bond motifs is 9. The van der Waals surface area contributed by atoms with Gasteiger partial charge in [-0.3, -0.25) is 0 Å². The van der Waals surface area contributed by atoms with E-state index in [1.165, 1.54) is 94.3 Å². The van der Waals surface area contributed by atoms with E-state index >= 15 is 0 Å². The largest absolute Gasteiger partial charge is 0.309 e. The van der Waals surface area contributed by atoms with Gasteiger partial charge in [0.05, 0.1) is 11.0 Å². The predicted molar refractivity (Wildman–Crippen MR) is 197 cm³/mol. The number of aromatic nitrogens is 1. The number of hydrogen-bond donors (Lipinski definition) is 0. The summed E-state index contributed by atoms with van der Waals surface area (Å²) in [4.78, 5) is 0. The third kappa shape index (κ3) is 3.77. The molecule has 10 rings (SSSR count). The Bertz CT molecular complexity index is 2560. The summed E-state index contributed by atoms with van der Waals surface area (Å²) in [7, 11) is 0. The van der Waals surface area contributed by atoms with E-state index in [0.717, 1.165) is 6.42 Å². The van der Waals surface area contributed by atoms with Crippen molar-refractivity contribution >= 4 is 21.8 Å². The summed E-state index contributed by atoms with van der Waals surface area (Å²) in [6.07, 6.45) is 1.01. The van der Waals surface area contributed by atoms with Crippen LogP contribution in [0, 0.1) is 0 Å². The van der Waals surface area contributed by atoms with E-state index < -0.39 is 0 Å². The Hall–Kier alpha value is -5.66. The first-order valence-corrected chi connectivity index (χ1v) is 16.7. The van der Waals surface area contributed by atoms with Gasteiger partial charge in [0.1, 0.15) is 0 Å². The summed E-state index contributed by atoms with van der Waals surface area (Å²) < 4.78 is 2.49. The van der Waals surface area contributed by atoms with Crippen LogP contribution in [0.1, 0.15) is 36.1 Å². The van der Waals surface area contributed by atoms with Crippen LogP contribution in [0.5, 0.6) is 0 Å². The fourth-order valence-corrected chi connectivity index (χ4v) is 8.51. The van der Waals surface area contributed by atoms with Gasteiger partial charge in [-0.2, -0.15) is 0 Å². The summed E-state index contributed by atoms with van der Waals surface area (Å²) >= 11 is 0. The van der Waals surface area contributed by atoms with Crippen LogP contribution in [0.3, 0.4) is 0 Å². The van der Waals surface area contributed by atoms with E-state index in [-0.39, 0.29) is 5.41 Å². The molecule has 1 nitrogen and oxygen atoms in total. The molecule has 0 saturated carbocycles. The predicted octanol–water partition coefficient (Wildman–Crippen LogP) is 12.0. The monoisotopic (exact) mass is 599 g/mol. The van der Waals surface area contributed by atoms with Crippen LogP contribution in [-0.4, -0.2) is 4.57 Å². The Kier molecular flexibility index (Phi) is 5.46. The quantitative estimate of drug-likeness (QED) is 0.190. The molecule has 222 valence electrons. The van der Waals surface area contributed by atoms with Crippen LogP contribution in [0.25, 0.3) is 72.0 Å². The molecule has 0 aliphatic heterocycles. The minimum Gasteiger partial charge on any atom is -0.309 e. The van der Waals surface area contributed by atoms with Gasteiger partial charge in [-0.25, -0.2) is 0 Å². The van der Waals surface area contributed by atoms with Gasteiger partial charge in [-0.15, -0.1) is 0 Å². The highest BCUT2D eigenvalue weighted by molar-refractivity contribution is 6.11. The molecule has 1 heterocycles. The third-order valence-electron chi connectivity index (χ3n) is 10.8. The second-order valence-corrected chi connectivity index (χ2v) is 13.7. The molecule has 0 radical (unpaired) electrons. The Morgan fingerprint density at radius 3 is 2.06 bits per heavy atom. The lowest BCUT2D eigenvalue weighted by Gasteiger charge is -2.22. The number of rotatable bonds is 3. The molecule has 0 amide bonds. The zero-order valence-corrected chi connectivity index (χ0v) is 26.6. The molecule has 8 aromatic rings. The average Bonchev–Trinajstić information content (AvgIpc) is 3.73. The molecule has 47 heavy (non-hydrogen) atoms. The molecular formula is C46H33N. The van der Waals surface area contributed by atoms with E-state index in [1.54, 1.807) is 0 Å². The maximum absolute atomic E-state index is 2.49. The third-order valence-corrected chi connectivity index (χ3v) is 10.8. The lowest BCUT2D eigenvalue weighted by molar-refractivity contribution is 0.661. The summed E-state index contributed by atoms with van der Waals surface area (Å²) in [5.41, 5.74) is 19.7. The first kappa shape index (κ1) is 26.5. The molecule has 2 aliphatic carbocycles. The maximum atomic E-state index is 2.49. The molecule has 1 heteroatoms. The Morgan fingerprint density at radius 1 is 0.426 bits per heavy atom. The molecule has 0 bridgehead atoms. The fraction of sp³-hybridized carbons (Fsp3) is 0.0870. The van der Waals surface area contributed by atoms with Crippen molar-refractivity contribution in [3.63, 3.8) is 0 Å². The van der Waals surface area contributed by atoms with Crippen molar-refractivity contribution in [2.45, 2.75) is 25.7 Å². The first-order valence-electron chi connectivity index (χ1n) is 16.7. The molecule has 1 aromatic heterocycles. The van der Waals surface area contributed by atoms with Gasteiger partial charge >= 0.3 is 0 Å². The Labute approximate surface area is 275 Å². The van der Waals surface area contributed by atoms with Crippen LogP contribution in [0.4, 0.5) is 0 Å². The smallest absolute Gasteiger partial charge is 0.0544 e. The molecular weight excluding hydrogens is 567 g/mol. The number of hydrogen-bond acceptors (Lipinski definition) is 0. The van der Waals surface area contributed by atoms with Gasteiger partial charge in [0, 0.05) is 21.9 Å². The van der Waals surface area contributed by atoms with Crippen molar-refractivity contribution < 1.29 is 0 Å². The van der Waals surface area contributed by atoms with E-state index in [1.807, 2.05) is 0 Å². The van der Waals surface area contributed by atoms with Crippen LogP contribution in [-0.2, 0) is 11.8 Å². The lowest BCUT2D eigenvalue weighted by Crippen LogP contribution is -2.14. The second-order valence-electron chi connectivity index (χ2n) is 13.7. The van der Waals surface area contributed by atoms with E-state index in [9.17, 15) is 0 Å². The zero-order valence-electron chi connectivity index (χ0n) is 26.6. The first-order chi connectivity index (χ1) is 23.1. The molecule has 2 aliphatic rings. The summed E-state index contributed by atoms with van der Waals surface area (Å²) in [6, 6.07) is 56.6.